The Balaban J connectivity index is 1.05. The van der Waals surface area contributed by atoms with Crippen LogP contribution in [0.1, 0.15) is 56.8 Å². The molecule has 218 valence electrons. The zero-order valence-electron chi connectivity index (χ0n) is 24.3. The van der Waals surface area contributed by atoms with Gasteiger partial charge >= 0.3 is 0 Å². The fourth-order valence-corrected chi connectivity index (χ4v) is 8.97. The first-order valence-electron chi connectivity index (χ1n) is 15.3. The van der Waals surface area contributed by atoms with Crippen LogP contribution in [0.3, 0.4) is 0 Å². The minimum Gasteiger partial charge on any atom is -0.384 e. The van der Waals surface area contributed by atoms with Gasteiger partial charge in [-0.25, -0.2) is 0 Å². The second kappa shape index (κ2) is 9.48. The van der Waals surface area contributed by atoms with Gasteiger partial charge in [-0.05, 0) is 53.9 Å². The molecule has 1 aromatic carbocycles. The Kier molecular flexibility index (Phi) is 6.16. The maximum Gasteiger partial charge on any atom is 0.243 e. The van der Waals surface area contributed by atoms with Gasteiger partial charge in [0.15, 0.2) is 0 Å². The number of hydrogen-bond donors (Lipinski definition) is 2. The molecule has 1 aromatic rings. The highest BCUT2D eigenvalue weighted by atomic mass is 16.3. The van der Waals surface area contributed by atoms with Gasteiger partial charge in [-0.2, -0.15) is 0 Å². The molecule has 2 amide bonds. The molecule has 2 spiro atoms. The largest absolute Gasteiger partial charge is 0.384 e. The summed E-state index contributed by atoms with van der Waals surface area (Å²) in [5, 5.41) is 10.8. The van der Waals surface area contributed by atoms with E-state index in [1.807, 2.05) is 35.2 Å². The second-order valence-corrected chi connectivity index (χ2v) is 12.9. The second-order valence-electron chi connectivity index (χ2n) is 12.9. The third-order valence-electron chi connectivity index (χ3n) is 11.1. The Morgan fingerprint density at radius 3 is 2.76 bits per heavy atom. The molecule has 2 heterocycles. The van der Waals surface area contributed by atoms with Gasteiger partial charge in [0.2, 0.25) is 11.8 Å². The highest BCUT2D eigenvalue weighted by Crippen LogP contribution is 2.74. The quantitative estimate of drug-likeness (QED) is 0.383. The molecule has 2 saturated carbocycles. The van der Waals surface area contributed by atoms with Crippen LogP contribution in [0.25, 0.3) is 0 Å². The molecular weight excluding hydrogens is 526 g/mol. The van der Waals surface area contributed by atoms with Crippen LogP contribution < -0.4 is 5.73 Å². The summed E-state index contributed by atoms with van der Waals surface area (Å²) in [6.07, 6.45) is 12.2. The normalized spacial score (nSPS) is 36.9. The number of aldehydes is 1. The summed E-state index contributed by atoms with van der Waals surface area (Å²) in [6.45, 7) is 9.73. The van der Waals surface area contributed by atoms with Gasteiger partial charge in [-0.1, -0.05) is 74.6 Å². The van der Waals surface area contributed by atoms with E-state index in [1.165, 1.54) is 0 Å². The summed E-state index contributed by atoms with van der Waals surface area (Å²) in [6, 6.07) is 7.06. The van der Waals surface area contributed by atoms with Crippen molar-refractivity contribution in [1.82, 2.24) is 9.80 Å². The lowest BCUT2D eigenvalue weighted by Gasteiger charge is -2.35. The lowest BCUT2D eigenvalue weighted by atomic mass is 9.75. The fourth-order valence-electron chi connectivity index (χ4n) is 8.97. The number of nitrogens with zero attached hydrogens (tertiary/aromatic N) is 2. The Morgan fingerprint density at radius 2 is 2.00 bits per heavy atom. The van der Waals surface area contributed by atoms with E-state index >= 15 is 0 Å². The van der Waals surface area contributed by atoms with Crippen molar-refractivity contribution in [3.8, 4) is 0 Å². The Hall–Kier alpha value is -3.55. The number of piperidine rings is 2. The smallest absolute Gasteiger partial charge is 0.243 e. The van der Waals surface area contributed by atoms with E-state index in [0.29, 0.717) is 25.4 Å². The fraction of sp³-hybridized carbons (Fsp3) is 0.457. The van der Waals surface area contributed by atoms with Crippen molar-refractivity contribution in [1.29, 1.82) is 0 Å². The average molecular weight is 566 g/mol. The van der Waals surface area contributed by atoms with Gasteiger partial charge in [0, 0.05) is 48.2 Å². The van der Waals surface area contributed by atoms with Gasteiger partial charge in [0.1, 0.15) is 6.29 Å². The minimum atomic E-state index is -0.802. The van der Waals surface area contributed by atoms with Crippen molar-refractivity contribution < 1.29 is 19.5 Å². The van der Waals surface area contributed by atoms with E-state index in [-0.39, 0.29) is 47.8 Å². The molecule has 0 bridgehead atoms. The molecule has 4 aliphatic carbocycles. The average Bonchev–Trinajstić information content (AvgIpc) is 3.58. The lowest BCUT2D eigenvalue weighted by molar-refractivity contribution is -0.131. The molecule has 6 aliphatic rings. The Morgan fingerprint density at radius 1 is 1.21 bits per heavy atom. The third-order valence-corrected chi connectivity index (χ3v) is 11.1. The number of aliphatic hydroxyl groups is 1. The number of nitrogens with two attached hydrogens (primary N) is 1. The van der Waals surface area contributed by atoms with Crippen molar-refractivity contribution in [3.05, 3.63) is 94.9 Å². The number of carbonyl (C=O) groups excluding carboxylic acids is 3. The molecule has 2 unspecified atom stereocenters. The highest BCUT2D eigenvalue weighted by Gasteiger charge is 2.73. The number of rotatable bonds is 7. The molecule has 7 rings (SSSR count). The number of benzene rings is 1. The summed E-state index contributed by atoms with van der Waals surface area (Å²) >= 11 is 0. The van der Waals surface area contributed by atoms with Crippen molar-refractivity contribution in [2.24, 2.45) is 34.8 Å². The van der Waals surface area contributed by atoms with Crippen LogP contribution in [-0.2, 0) is 19.8 Å². The monoisotopic (exact) mass is 565 g/mol. The zero-order chi connectivity index (χ0) is 29.6. The van der Waals surface area contributed by atoms with Crippen LogP contribution in [0.15, 0.2) is 83.8 Å². The first-order valence-corrected chi connectivity index (χ1v) is 15.3. The number of allylic oxidation sites excluding steroid dienone is 6. The summed E-state index contributed by atoms with van der Waals surface area (Å²) in [7, 11) is 0. The van der Waals surface area contributed by atoms with Crippen molar-refractivity contribution in [3.63, 3.8) is 0 Å². The van der Waals surface area contributed by atoms with Crippen LogP contribution in [-0.4, -0.2) is 52.1 Å². The van der Waals surface area contributed by atoms with E-state index in [9.17, 15) is 19.5 Å². The Labute approximate surface area is 247 Å². The van der Waals surface area contributed by atoms with E-state index in [2.05, 4.69) is 38.7 Å². The van der Waals surface area contributed by atoms with Crippen molar-refractivity contribution in [2.45, 2.75) is 57.1 Å². The molecule has 0 radical (unpaired) electrons. The van der Waals surface area contributed by atoms with Gasteiger partial charge in [0.25, 0.3) is 0 Å². The van der Waals surface area contributed by atoms with Gasteiger partial charge < -0.3 is 25.4 Å². The maximum absolute atomic E-state index is 13.7. The SMILES string of the molecule is C=C1[C@@H]2CN(C(=O)CC[C@H](N)C(=O)N3C[C@H]4[C@@H](C)[C@@]45C3=CCC(C=O)/C5=C\C=C/CC)C3=CC(O)c4ccccc4[C@]132. The Bertz CT molecular complexity index is 1540. The molecule has 3 N–H and O–H groups in total. The number of aliphatic hydroxyl groups excluding tert-OH is 1. The van der Waals surface area contributed by atoms with E-state index in [1.54, 1.807) is 11.0 Å². The molecule has 42 heavy (non-hydrogen) atoms. The topological polar surface area (TPSA) is 104 Å². The summed E-state index contributed by atoms with van der Waals surface area (Å²) in [5.41, 5.74) is 11.7. The predicted octanol–water partition coefficient (Wildman–Crippen LogP) is 4.08. The van der Waals surface area contributed by atoms with Crippen LogP contribution in [0.4, 0.5) is 0 Å². The number of likely N-dealkylation sites (tertiary alicyclic amines) is 2. The minimum absolute atomic E-state index is 0.0801. The molecule has 7 nitrogen and oxygen atoms in total. The van der Waals surface area contributed by atoms with Crippen LogP contribution in [0.5, 0.6) is 0 Å². The van der Waals surface area contributed by atoms with Crippen molar-refractivity contribution in [2.75, 3.05) is 13.1 Å². The van der Waals surface area contributed by atoms with E-state index in [4.69, 9.17) is 5.73 Å². The van der Waals surface area contributed by atoms with Gasteiger partial charge in [-0.15, -0.1) is 0 Å². The first-order chi connectivity index (χ1) is 20.2. The zero-order valence-corrected chi connectivity index (χ0v) is 24.3. The molecular formula is C35H39N3O4. The van der Waals surface area contributed by atoms with Crippen LogP contribution in [0.2, 0.25) is 0 Å². The van der Waals surface area contributed by atoms with Gasteiger partial charge in [-0.3, -0.25) is 9.59 Å². The number of fused-ring (bicyclic) bond motifs is 1. The standard InChI is InChI=1S/C35H39N3O4/c1-4-5-6-10-24-22(19-39)12-14-30-34(24)20(2)27(34)18-38(30)33(42)28(36)13-15-32(41)37-17-26-21(3)35(26)25-11-8-7-9-23(25)29(40)16-31(35)37/h5-11,14,16,19-20,22,26-29,40H,3-4,12-13,15,17-18,36H2,1-2H3/b6-5-,24-10+/t20-,22?,26+,27+,28+,29?,34+,35+/m1/s1. The number of amides is 2. The number of hydrogen-bond acceptors (Lipinski definition) is 5. The van der Waals surface area contributed by atoms with Gasteiger partial charge in [0.05, 0.1) is 17.6 Å². The summed E-state index contributed by atoms with van der Waals surface area (Å²) < 4.78 is 0. The van der Waals surface area contributed by atoms with Crippen molar-refractivity contribution >= 4 is 18.1 Å². The number of carbonyl (C=O) groups is 3. The maximum atomic E-state index is 13.7. The highest BCUT2D eigenvalue weighted by molar-refractivity contribution is 5.88. The summed E-state index contributed by atoms with van der Waals surface area (Å²) in [4.78, 5) is 42.9. The third kappa shape index (κ3) is 3.38. The van der Waals surface area contributed by atoms with Crippen LogP contribution >= 0.6 is 0 Å². The molecule has 0 aromatic heterocycles. The predicted molar refractivity (Wildman–Crippen MR) is 159 cm³/mol. The van der Waals surface area contributed by atoms with Crippen LogP contribution in [0, 0.1) is 29.1 Å². The summed E-state index contributed by atoms with van der Waals surface area (Å²) in [5.74, 6) is 0.379. The molecule has 4 fully saturated rings. The first kappa shape index (κ1) is 27.3. The van der Waals surface area contributed by atoms with E-state index in [0.717, 1.165) is 46.4 Å². The molecule has 8 atom stereocenters. The molecule has 7 heteroatoms. The molecule has 2 aliphatic heterocycles. The molecule has 2 saturated heterocycles. The lowest BCUT2D eigenvalue weighted by Crippen LogP contribution is -2.45. The van der Waals surface area contributed by atoms with E-state index < -0.39 is 17.6 Å².